The number of hydrogen-bond donors (Lipinski definition) is 2. The Morgan fingerprint density at radius 3 is 2.46 bits per heavy atom. The van der Waals surface area contributed by atoms with E-state index < -0.39 is 0 Å². The molecular formula is C24H16ClNO2. The van der Waals surface area contributed by atoms with Crippen molar-refractivity contribution in [2.24, 2.45) is 0 Å². The molecule has 3 nitrogen and oxygen atoms in total. The second-order valence-corrected chi connectivity index (χ2v) is 7.36. The van der Waals surface area contributed by atoms with Gasteiger partial charge >= 0.3 is 0 Å². The molecule has 0 spiro atoms. The minimum atomic E-state index is 0.191. The van der Waals surface area contributed by atoms with Crippen LogP contribution in [0.1, 0.15) is 11.1 Å². The number of nitrogens with zero attached hydrogens (tertiary/aromatic N) is 1. The molecule has 1 aromatic heterocycles. The number of hydrogen-bond acceptors (Lipinski definition) is 3. The van der Waals surface area contributed by atoms with Crippen molar-refractivity contribution in [1.82, 2.24) is 4.98 Å². The van der Waals surface area contributed by atoms with Gasteiger partial charge in [0.05, 0.1) is 11.4 Å². The molecule has 136 valence electrons. The molecule has 4 aromatic rings. The monoisotopic (exact) mass is 385 g/mol. The molecule has 1 aliphatic rings. The van der Waals surface area contributed by atoms with Gasteiger partial charge in [-0.1, -0.05) is 35.9 Å². The summed E-state index contributed by atoms with van der Waals surface area (Å²) in [5.41, 5.74) is 7.44. The Bertz CT molecular complexity index is 1230. The van der Waals surface area contributed by atoms with Crippen LogP contribution in [0.25, 0.3) is 33.6 Å². The Kier molecular flexibility index (Phi) is 3.85. The standard InChI is InChI=1S/C24H16ClNO2/c25-16-5-3-4-14(10-16)20-13-22(19-6-1-2-7-23(19)28)26-24-18-9-8-17(27)11-15(18)12-21(20)24/h1-11,13,27-28H,12H2. The molecule has 2 N–H and O–H groups in total. The molecule has 0 radical (unpaired) electrons. The van der Waals surface area contributed by atoms with Gasteiger partial charge in [-0.2, -0.15) is 0 Å². The van der Waals surface area contributed by atoms with Gasteiger partial charge in [0.1, 0.15) is 11.5 Å². The number of aromatic hydroxyl groups is 2. The summed E-state index contributed by atoms with van der Waals surface area (Å²) in [6.07, 6.45) is 0.689. The lowest BCUT2D eigenvalue weighted by Crippen LogP contribution is -1.94. The van der Waals surface area contributed by atoms with Crippen molar-refractivity contribution < 1.29 is 10.2 Å². The van der Waals surface area contributed by atoms with Crippen LogP contribution in [-0.2, 0) is 6.42 Å². The zero-order chi connectivity index (χ0) is 19.3. The summed E-state index contributed by atoms with van der Waals surface area (Å²) in [4.78, 5) is 4.89. The number of fused-ring (bicyclic) bond motifs is 3. The summed E-state index contributed by atoms with van der Waals surface area (Å²) in [6.45, 7) is 0. The van der Waals surface area contributed by atoms with Crippen molar-refractivity contribution in [2.45, 2.75) is 6.42 Å². The molecule has 0 fully saturated rings. The predicted molar refractivity (Wildman–Crippen MR) is 112 cm³/mol. The number of benzene rings is 3. The second-order valence-electron chi connectivity index (χ2n) is 6.93. The summed E-state index contributed by atoms with van der Waals surface area (Å²) >= 11 is 6.25. The summed E-state index contributed by atoms with van der Waals surface area (Å²) in [6, 6.07) is 22.3. The number of rotatable bonds is 2. The smallest absolute Gasteiger partial charge is 0.124 e. The average molecular weight is 386 g/mol. The maximum Gasteiger partial charge on any atom is 0.124 e. The molecule has 0 atom stereocenters. The Hall–Kier alpha value is -3.30. The van der Waals surface area contributed by atoms with Gasteiger partial charge in [0.15, 0.2) is 0 Å². The molecule has 4 heteroatoms. The third kappa shape index (κ3) is 2.72. The van der Waals surface area contributed by atoms with Gasteiger partial charge in [0, 0.05) is 22.6 Å². The molecule has 0 bridgehead atoms. The lowest BCUT2D eigenvalue weighted by Gasteiger charge is -2.13. The van der Waals surface area contributed by atoms with E-state index in [1.54, 1.807) is 24.3 Å². The number of aromatic nitrogens is 1. The van der Waals surface area contributed by atoms with Gasteiger partial charge in [0.25, 0.3) is 0 Å². The molecule has 5 rings (SSSR count). The molecule has 0 unspecified atom stereocenters. The molecule has 1 heterocycles. The van der Waals surface area contributed by atoms with Crippen molar-refractivity contribution in [3.8, 4) is 45.1 Å². The third-order valence-corrected chi connectivity index (χ3v) is 5.39. The summed E-state index contributed by atoms with van der Waals surface area (Å²) in [5, 5.41) is 20.9. The second kappa shape index (κ2) is 6.39. The number of para-hydroxylation sites is 1. The Morgan fingerprint density at radius 2 is 1.64 bits per heavy atom. The number of pyridine rings is 1. The summed E-state index contributed by atoms with van der Waals surface area (Å²) in [5.74, 6) is 0.438. The van der Waals surface area contributed by atoms with E-state index in [-0.39, 0.29) is 11.5 Å². The SMILES string of the molecule is Oc1ccc2c(c1)Cc1c(-c3cccc(Cl)c3)cc(-c3ccccc3O)nc1-2. The van der Waals surface area contributed by atoms with E-state index in [4.69, 9.17) is 16.6 Å². The fraction of sp³-hybridized carbons (Fsp3) is 0.0417. The average Bonchev–Trinajstić information content (AvgIpc) is 3.05. The number of halogens is 1. The van der Waals surface area contributed by atoms with Gasteiger partial charge in [-0.05, 0) is 70.8 Å². The van der Waals surface area contributed by atoms with E-state index in [9.17, 15) is 10.2 Å². The quantitative estimate of drug-likeness (QED) is 0.389. The van der Waals surface area contributed by atoms with Crippen LogP contribution in [0, 0.1) is 0 Å². The lowest BCUT2D eigenvalue weighted by atomic mass is 9.96. The number of phenolic OH excluding ortho intramolecular Hbond substituents is 2. The molecule has 3 aromatic carbocycles. The van der Waals surface area contributed by atoms with E-state index in [1.165, 1.54) is 0 Å². The van der Waals surface area contributed by atoms with Crippen LogP contribution < -0.4 is 0 Å². The van der Waals surface area contributed by atoms with Crippen LogP contribution in [0.3, 0.4) is 0 Å². The minimum absolute atomic E-state index is 0.191. The highest BCUT2D eigenvalue weighted by Crippen LogP contribution is 2.44. The zero-order valence-corrected chi connectivity index (χ0v) is 15.6. The Labute approximate surface area is 167 Å². The van der Waals surface area contributed by atoms with Crippen LogP contribution >= 0.6 is 11.6 Å². The molecule has 0 saturated carbocycles. The molecule has 0 amide bonds. The minimum Gasteiger partial charge on any atom is -0.508 e. The first-order chi connectivity index (χ1) is 13.6. The van der Waals surface area contributed by atoms with Crippen LogP contribution in [0.4, 0.5) is 0 Å². The lowest BCUT2D eigenvalue weighted by molar-refractivity contribution is 0.475. The first-order valence-electron chi connectivity index (χ1n) is 9.00. The van der Waals surface area contributed by atoms with E-state index in [0.717, 1.165) is 33.5 Å². The van der Waals surface area contributed by atoms with Crippen LogP contribution in [0.2, 0.25) is 5.02 Å². The van der Waals surface area contributed by atoms with Crippen molar-refractivity contribution in [1.29, 1.82) is 0 Å². The summed E-state index contributed by atoms with van der Waals surface area (Å²) < 4.78 is 0. The van der Waals surface area contributed by atoms with Crippen LogP contribution in [-0.4, -0.2) is 15.2 Å². The predicted octanol–water partition coefficient (Wildman–Crippen LogP) is 6.05. The topological polar surface area (TPSA) is 53.4 Å². The van der Waals surface area contributed by atoms with Gasteiger partial charge in [0.2, 0.25) is 0 Å². The molecule has 1 aliphatic carbocycles. The van der Waals surface area contributed by atoms with E-state index in [1.807, 2.05) is 48.5 Å². The first-order valence-corrected chi connectivity index (χ1v) is 9.38. The molecule has 0 aliphatic heterocycles. The van der Waals surface area contributed by atoms with Gasteiger partial charge in [-0.3, -0.25) is 0 Å². The third-order valence-electron chi connectivity index (χ3n) is 5.15. The first kappa shape index (κ1) is 16.8. The van der Waals surface area contributed by atoms with Crippen molar-refractivity contribution in [3.05, 3.63) is 88.9 Å². The van der Waals surface area contributed by atoms with Crippen molar-refractivity contribution in [3.63, 3.8) is 0 Å². The molecular weight excluding hydrogens is 370 g/mol. The largest absolute Gasteiger partial charge is 0.508 e. The van der Waals surface area contributed by atoms with Gasteiger partial charge in [-0.25, -0.2) is 4.98 Å². The van der Waals surface area contributed by atoms with Crippen LogP contribution in [0.15, 0.2) is 72.8 Å². The van der Waals surface area contributed by atoms with Crippen molar-refractivity contribution >= 4 is 11.6 Å². The fourth-order valence-corrected chi connectivity index (χ4v) is 4.05. The number of phenols is 2. The van der Waals surface area contributed by atoms with E-state index in [0.29, 0.717) is 22.7 Å². The highest BCUT2D eigenvalue weighted by Gasteiger charge is 2.25. The van der Waals surface area contributed by atoms with Crippen molar-refractivity contribution in [2.75, 3.05) is 0 Å². The molecule has 28 heavy (non-hydrogen) atoms. The molecule has 0 saturated heterocycles. The maximum absolute atomic E-state index is 10.4. The highest BCUT2D eigenvalue weighted by atomic mass is 35.5. The maximum atomic E-state index is 10.4. The van der Waals surface area contributed by atoms with Gasteiger partial charge < -0.3 is 10.2 Å². The Balaban J connectivity index is 1.81. The van der Waals surface area contributed by atoms with Gasteiger partial charge in [-0.15, -0.1) is 0 Å². The fourth-order valence-electron chi connectivity index (χ4n) is 3.86. The highest BCUT2D eigenvalue weighted by molar-refractivity contribution is 6.30. The van der Waals surface area contributed by atoms with Crippen LogP contribution in [0.5, 0.6) is 11.5 Å². The normalized spacial score (nSPS) is 11.9. The van der Waals surface area contributed by atoms with E-state index in [2.05, 4.69) is 0 Å². The zero-order valence-electron chi connectivity index (χ0n) is 14.9. The Morgan fingerprint density at radius 1 is 0.786 bits per heavy atom. The van der Waals surface area contributed by atoms with E-state index >= 15 is 0 Å². The summed E-state index contributed by atoms with van der Waals surface area (Å²) in [7, 11) is 0.